The standard InChI is InChI=1S/C15H26O4/c1-11-8-9-13(17)14(2,3)18-10-6-7-12(16)15(4,5)19-11/h11H,6-10H2,1-5H3. The lowest BCUT2D eigenvalue weighted by molar-refractivity contribution is -0.151. The van der Waals surface area contributed by atoms with E-state index >= 15 is 0 Å². The van der Waals surface area contributed by atoms with Crippen LogP contribution in [0.15, 0.2) is 0 Å². The number of carbonyl (C=O) groups is 2. The normalized spacial score (nSPS) is 29.4. The van der Waals surface area contributed by atoms with E-state index in [1.807, 2.05) is 6.92 Å². The molecule has 1 unspecified atom stereocenters. The summed E-state index contributed by atoms with van der Waals surface area (Å²) in [4.78, 5) is 24.2. The lowest BCUT2D eigenvalue weighted by Crippen LogP contribution is -2.40. The fourth-order valence-electron chi connectivity index (χ4n) is 2.20. The molecule has 1 saturated heterocycles. The van der Waals surface area contributed by atoms with Crippen LogP contribution in [0.1, 0.15) is 60.3 Å². The molecule has 0 aliphatic carbocycles. The molecule has 1 aliphatic heterocycles. The van der Waals surface area contributed by atoms with Crippen LogP contribution in [0, 0.1) is 0 Å². The molecule has 0 aromatic carbocycles. The maximum absolute atomic E-state index is 12.1. The molecule has 0 radical (unpaired) electrons. The van der Waals surface area contributed by atoms with Crippen molar-refractivity contribution in [1.29, 1.82) is 0 Å². The lowest BCUT2D eigenvalue weighted by Gasteiger charge is -2.30. The first kappa shape index (κ1) is 16.3. The molecule has 19 heavy (non-hydrogen) atoms. The van der Waals surface area contributed by atoms with E-state index in [1.54, 1.807) is 27.7 Å². The average Bonchev–Trinajstić information content (AvgIpc) is 2.29. The Morgan fingerprint density at radius 2 is 1.58 bits per heavy atom. The Morgan fingerprint density at radius 3 is 2.21 bits per heavy atom. The molecule has 1 rings (SSSR count). The van der Waals surface area contributed by atoms with Gasteiger partial charge in [0.05, 0.1) is 6.10 Å². The highest BCUT2D eigenvalue weighted by Crippen LogP contribution is 2.22. The summed E-state index contributed by atoms with van der Waals surface area (Å²) < 4.78 is 11.4. The summed E-state index contributed by atoms with van der Waals surface area (Å²) >= 11 is 0. The molecule has 0 saturated carbocycles. The first-order valence-corrected chi connectivity index (χ1v) is 7.03. The molecule has 0 aromatic rings. The fourth-order valence-corrected chi connectivity index (χ4v) is 2.20. The zero-order valence-electron chi connectivity index (χ0n) is 12.7. The van der Waals surface area contributed by atoms with E-state index in [2.05, 4.69) is 0 Å². The fraction of sp³-hybridized carbons (Fsp3) is 0.867. The molecule has 110 valence electrons. The van der Waals surface area contributed by atoms with E-state index in [-0.39, 0.29) is 17.7 Å². The molecule has 1 fully saturated rings. The Hall–Kier alpha value is -0.740. The van der Waals surface area contributed by atoms with E-state index in [0.29, 0.717) is 32.3 Å². The first-order valence-electron chi connectivity index (χ1n) is 7.03. The van der Waals surface area contributed by atoms with Crippen LogP contribution in [-0.4, -0.2) is 35.5 Å². The number of ketones is 2. The minimum absolute atomic E-state index is 0.0904. The van der Waals surface area contributed by atoms with Gasteiger partial charge in [-0.2, -0.15) is 0 Å². The van der Waals surface area contributed by atoms with Crippen molar-refractivity contribution in [1.82, 2.24) is 0 Å². The van der Waals surface area contributed by atoms with Gasteiger partial charge in [-0.05, 0) is 47.5 Å². The van der Waals surface area contributed by atoms with Crippen LogP contribution in [0.2, 0.25) is 0 Å². The van der Waals surface area contributed by atoms with Crippen molar-refractivity contribution in [2.75, 3.05) is 6.61 Å². The smallest absolute Gasteiger partial charge is 0.164 e. The van der Waals surface area contributed by atoms with Gasteiger partial charge >= 0.3 is 0 Å². The van der Waals surface area contributed by atoms with E-state index in [9.17, 15) is 9.59 Å². The molecule has 0 spiro atoms. The SMILES string of the molecule is CC1CCC(=O)C(C)(C)OCCCC(=O)C(C)(C)O1. The monoisotopic (exact) mass is 270 g/mol. The number of ether oxygens (including phenoxy) is 2. The Morgan fingerprint density at radius 1 is 1.00 bits per heavy atom. The van der Waals surface area contributed by atoms with Crippen molar-refractivity contribution in [3.8, 4) is 0 Å². The van der Waals surface area contributed by atoms with E-state index in [4.69, 9.17) is 9.47 Å². The van der Waals surface area contributed by atoms with Gasteiger partial charge in [-0.25, -0.2) is 0 Å². The Labute approximate surface area is 115 Å². The second-order valence-corrected chi connectivity index (χ2v) is 6.29. The van der Waals surface area contributed by atoms with Gasteiger partial charge in [0.1, 0.15) is 11.2 Å². The van der Waals surface area contributed by atoms with Gasteiger partial charge in [-0.15, -0.1) is 0 Å². The van der Waals surface area contributed by atoms with Crippen LogP contribution in [0.5, 0.6) is 0 Å². The predicted octanol–water partition coefficient (Wildman–Crippen LogP) is 2.68. The van der Waals surface area contributed by atoms with Crippen LogP contribution >= 0.6 is 0 Å². The molecular formula is C15H26O4. The number of hydrogen-bond donors (Lipinski definition) is 0. The third-order valence-electron chi connectivity index (χ3n) is 3.63. The highest BCUT2D eigenvalue weighted by Gasteiger charge is 2.33. The van der Waals surface area contributed by atoms with Crippen LogP contribution in [0.4, 0.5) is 0 Å². The third-order valence-corrected chi connectivity index (χ3v) is 3.63. The van der Waals surface area contributed by atoms with Gasteiger partial charge in [0, 0.05) is 19.4 Å². The van der Waals surface area contributed by atoms with Crippen molar-refractivity contribution >= 4 is 11.6 Å². The molecule has 1 heterocycles. The molecule has 0 aromatic heterocycles. The quantitative estimate of drug-likeness (QED) is 0.679. The van der Waals surface area contributed by atoms with Gasteiger partial charge in [-0.3, -0.25) is 9.59 Å². The molecule has 1 atom stereocenters. The minimum atomic E-state index is -0.781. The van der Waals surface area contributed by atoms with Crippen LogP contribution in [0.3, 0.4) is 0 Å². The van der Waals surface area contributed by atoms with Crippen molar-refractivity contribution < 1.29 is 19.1 Å². The summed E-state index contributed by atoms with van der Waals surface area (Å²) in [6.45, 7) is 9.50. The number of carbonyl (C=O) groups excluding carboxylic acids is 2. The molecule has 4 nitrogen and oxygen atoms in total. The van der Waals surface area contributed by atoms with Crippen LogP contribution in [-0.2, 0) is 19.1 Å². The Bertz CT molecular complexity index is 342. The zero-order chi connectivity index (χ0) is 14.7. The minimum Gasteiger partial charge on any atom is -0.368 e. The van der Waals surface area contributed by atoms with Crippen molar-refractivity contribution in [3.63, 3.8) is 0 Å². The summed E-state index contributed by atoms with van der Waals surface area (Å²) in [6.07, 6.45) is 1.96. The van der Waals surface area contributed by atoms with Crippen LogP contribution in [0.25, 0.3) is 0 Å². The lowest BCUT2D eigenvalue weighted by atomic mass is 9.95. The maximum Gasteiger partial charge on any atom is 0.164 e. The van der Waals surface area contributed by atoms with Crippen molar-refractivity contribution in [2.24, 2.45) is 0 Å². The average molecular weight is 270 g/mol. The second kappa shape index (κ2) is 6.14. The largest absolute Gasteiger partial charge is 0.368 e. The first-order chi connectivity index (χ1) is 8.65. The Kier molecular flexibility index (Phi) is 5.27. The number of rotatable bonds is 0. The highest BCUT2D eigenvalue weighted by atomic mass is 16.5. The number of Topliss-reactive ketones (excluding diaryl/α,β-unsaturated/α-hetero) is 2. The van der Waals surface area contributed by atoms with Gasteiger partial charge in [-0.1, -0.05) is 0 Å². The van der Waals surface area contributed by atoms with Gasteiger partial charge in [0.25, 0.3) is 0 Å². The summed E-state index contributed by atoms with van der Waals surface area (Å²) in [5, 5.41) is 0. The molecule has 0 amide bonds. The van der Waals surface area contributed by atoms with Gasteiger partial charge in [0.15, 0.2) is 11.6 Å². The summed E-state index contributed by atoms with van der Waals surface area (Å²) in [7, 11) is 0. The molecular weight excluding hydrogens is 244 g/mol. The van der Waals surface area contributed by atoms with Crippen molar-refractivity contribution in [2.45, 2.75) is 77.6 Å². The highest BCUT2D eigenvalue weighted by molar-refractivity contribution is 5.87. The molecule has 1 aliphatic rings. The zero-order valence-corrected chi connectivity index (χ0v) is 12.7. The van der Waals surface area contributed by atoms with Gasteiger partial charge < -0.3 is 9.47 Å². The molecule has 0 bridgehead atoms. The van der Waals surface area contributed by atoms with Crippen LogP contribution < -0.4 is 0 Å². The molecule has 0 N–H and O–H groups in total. The summed E-state index contributed by atoms with van der Waals surface area (Å²) in [6, 6.07) is 0. The van der Waals surface area contributed by atoms with E-state index in [1.165, 1.54) is 0 Å². The Balaban J connectivity index is 2.77. The number of hydrogen-bond acceptors (Lipinski definition) is 4. The second-order valence-electron chi connectivity index (χ2n) is 6.29. The van der Waals surface area contributed by atoms with Crippen molar-refractivity contribution in [3.05, 3.63) is 0 Å². The van der Waals surface area contributed by atoms with E-state index < -0.39 is 11.2 Å². The predicted molar refractivity (Wildman–Crippen MR) is 73.1 cm³/mol. The molecule has 4 heteroatoms. The maximum atomic E-state index is 12.1. The third kappa shape index (κ3) is 4.69. The van der Waals surface area contributed by atoms with E-state index in [0.717, 1.165) is 0 Å². The summed E-state index contributed by atoms with van der Waals surface area (Å²) in [5.74, 6) is 0.181. The topological polar surface area (TPSA) is 52.6 Å². The van der Waals surface area contributed by atoms with Gasteiger partial charge in [0.2, 0.25) is 0 Å². The summed E-state index contributed by atoms with van der Waals surface area (Å²) in [5.41, 5.74) is -1.55.